The van der Waals surface area contributed by atoms with Gasteiger partial charge in [-0.25, -0.2) is 0 Å². The molecule has 0 unspecified atom stereocenters. The summed E-state index contributed by atoms with van der Waals surface area (Å²) in [5, 5.41) is 0. The first-order valence-electron chi connectivity index (χ1n) is 15.4. The van der Waals surface area contributed by atoms with Crippen LogP contribution in [0.15, 0.2) is 73.1 Å². The summed E-state index contributed by atoms with van der Waals surface area (Å²) in [6.07, 6.45) is -1.07. The first-order valence-corrected chi connectivity index (χ1v) is 15.4. The van der Waals surface area contributed by atoms with Crippen LogP contribution in [-0.4, -0.2) is 4.98 Å². The van der Waals surface area contributed by atoms with Crippen LogP contribution in [0.1, 0.15) is 111 Å². The van der Waals surface area contributed by atoms with Crippen LogP contribution in [0.2, 0.25) is 0 Å². The van der Waals surface area contributed by atoms with Gasteiger partial charge >= 0.3 is 6.18 Å². The molecule has 0 saturated carbocycles. The maximum atomic E-state index is 14.8. The molecular weight excluding hydrogens is 551 g/mol. The molecule has 1 aromatic heterocycles. The lowest BCUT2D eigenvalue weighted by atomic mass is 9.76. The number of alkyl halides is 3. The molecular formula is C40H48F3N. The van der Waals surface area contributed by atoms with Crippen molar-refractivity contribution < 1.29 is 13.2 Å². The van der Waals surface area contributed by atoms with Gasteiger partial charge in [-0.2, -0.15) is 13.2 Å². The third-order valence-corrected chi connectivity index (χ3v) is 8.37. The quantitative estimate of drug-likeness (QED) is 0.228. The fourth-order valence-corrected chi connectivity index (χ4v) is 5.38. The van der Waals surface area contributed by atoms with Gasteiger partial charge in [0, 0.05) is 18.0 Å². The van der Waals surface area contributed by atoms with E-state index in [1.807, 2.05) is 12.1 Å². The van der Waals surface area contributed by atoms with Crippen molar-refractivity contribution >= 4 is 0 Å². The normalized spacial score (nSPS) is 13.3. The Bertz CT molecular complexity index is 1490. The zero-order valence-corrected chi connectivity index (χ0v) is 28.5. The van der Waals surface area contributed by atoms with Gasteiger partial charge in [-0.05, 0) is 89.9 Å². The van der Waals surface area contributed by atoms with Crippen molar-refractivity contribution in [1.82, 2.24) is 4.98 Å². The minimum Gasteiger partial charge on any atom is -0.264 e. The van der Waals surface area contributed by atoms with E-state index in [2.05, 4.69) is 124 Å². The van der Waals surface area contributed by atoms with Crippen molar-refractivity contribution in [3.8, 4) is 33.4 Å². The fourth-order valence-electron chi connectivity index (χ4n) is 5.38. The Balaban J connectivity index is 2.25. The van der Waals surface area contributed by atoms with E-state index in [1.165, 1.54) is 12.1 Å². The lowest BCUT2D eigenvalue weighted by Crippen LogP contribution is -2.17. The van der Waals surface area contributed by atoms with Gasteiger partial charge in [-0.15, -0.1) is 0 Å². The van der Waals surface area contributed by atoms with Gasteiger partial charge < -0.3 is 0 Å². The minimum absolute atomic E-state index is 0.197. The first kappa shape index (κ1) is 33.5. The van der Waals surface area contributed by atoms with Gasteiger partial charge in [-0.1, -0.05) is 126 Å². The van der Waals surface area contributed by atoms with Crippen molar-refractivity contribution in [1.29, 1.82) is 0 Å². The van der Waals surface area contributed by atoms with Crippen molar-refractivity contribution in [3.05, 3.63) is 101 Å². The molecule has 0 bridgehead atoms. The van der Waals surface area contributed by atoms with Crippen LogP contribution >= 0.6 is 0 Å². The summed E-state index contributed by atoms with van der Waals surface area (Å²) in [7, 11) is 0. The third kappa shape index (κ3) is 7.28. The predicted octanol–water partition coefficient (Wildman–Crippen LogP) is 12.3. The number of aromatic nitrogens is 1. The summed E-state index contributed by atoms with van der Waals surface area (Å²) in [6.45, 7) is 25.7. The van der Waals surface area contributed by atoms with Crippen molar-refractivity contribution in [2.75, 3.05) is 0 Å². The molecule has 234 valence electrons. The first-order chi connectivity index (χ1) is 20.0. The highest BCUT2D eigenvalue weighted by atomic mass is 19.4. The zero-order valence-electron chi connectivity index (χ0n) is 28.5. The topological polar surface area (TPSA) is 12.9 Å². The molecule has 44 heavy (non-hydrogen) atoms. The molecule has 1 heterocycles. The molecule has 1 nitrogen and oxygen atoms in total. The minimum atomic E-state index is -4.53. The smallest absolute Gasteiger partial charge is 0.264 e. The maximum Gasteiger partial charge on any atom is 0.416 e. The van der Waals surface area contributed by atoms with E-state index in [1.54, 1.807) is 12.4 Å². The summed E-state index contributed by atoms with van der Waals surface area (Å²) in [6, 6.07) is 19.1. The Morgan fingerprint density at radius 3 is 1.09 bits per heavy atom. The molecule has 0 amide bonds. The van der Waals surface area contributed by atoms with E-state index in [-0.39, 0.29) is 21.7 Å². The van der Waals surface area contributed by atoms with E-state index in [4.69, 9.17) is 0 Å². The van der Waals surface area contributed by atoms with Crippen molar-refractivity contribution in [2.45, 2.75) is 111 Å². The Kier molecular flexibility index (Phi) is 8.52. The highest BCUT2D eigenvalue weighted by molar-refractivity contribution is 5.95. The summed E-state index contributed by atoms with van der Waals surface area (Å²) in [5.41, 5.74) is 7.08. The second kappa shape index (κ2) is 11.2. The van der Waals surface area contributed by atoms with Crippen LogP contribution in [0, 0.1) is 0 Å². The Morgan fingerprint density at radius 1 is 0.455 bits per heavy atom. The molecule has 0 aliphatic heterocycles. The van der Waals surface area contributed by atoms with Crippen LogP contribution in [0.3, 0.4) is 0 Å². The van der Waals surface area contributed by atoms with E-state index >= 15 is 0 Å². The van der Waals surface area contributed by atoms with E-state index in [0.29, 0.717) is 11.1 Å². The largest absolute Gasteiger partial charge is 0.416 e. The van der Waals surface area contributed by atoms with Gasteiger partial charge in [0.1, 0.15) is 0 Å². The molecule has 4 rings (SSSR count). The van der Waals surface area contributed by atoms with E-state index < -0.39 is 11.7 Å². The second-order valence-electron chi connectivity index (χ2n) is 16.3. The van der Waals surface area contributed by atoms with Gasteiger partial charge in [0.05, 0.1) is 5.56 Å². The highest BCUT2D eigenvalue weighted by Gasteiger charge is 2.34. The summed E-state index contributed by atoms with van der Waals surface area (Å²) < 4.78 is 44.3. The van der Waals surface area contributed by atoms with Crippen molar-refractivity contribution in [3.63, 3.8) is 0 Å². The third-order valence-electron chi connectivity index (χ3n) is 8.37. The number of hydrogen-bond acceptors (Lipinski definition) is 1. The van der Waals surface area contributed by atoms with Gasteiger partial charge in [-0.3, -0.25) is 4.98 Å². The van der Waals surface area contributed by atoms with Crippen LogP contribution in [0.5, 0.6) is 0 Å². The molecule has 0 aliphatic rings. The maximum absolute atomic E-state index is 14.8. The molecule has 0 saturated heterocycles. The van der Waals surface area contributed by atoms with Gasteiger partial charge in [0.15, 0.2) is 0 Å². The molecule has 0 N–H and O–H groups in total. The Morgan fingerprint density at radius 2 is 0.818 bits per heavy atom. The molecule has 0 aliphatic carbocycles. The summed E-state index contributed by atoms with van der Waals surface area (Å²) in [5.74, 6) is 0. The number of benzene rings is 3. The average molecular weight is 600 g/mol. The Labute approximate surface area is 263 Å². The van der Waals surface area contributed by atoms with Crippen molar-refractivity contribution in [2.24, 2.45) is 0 Å². The predicted molar refractivity (Wildman–Crippen MR) is 180 cm³/mol. The number of pyridine rings is 1. The number of halogens is 3. The van der Waals surface area contributed by atoms with Crippen LogP contribution in [-0.2, 0) is 27.8 Å². The van der Waals surface area contributed by atoms with Gasteiger partial charge in [0.2, 0.25) is 0 Å². The summed E-state index contributed by atoms with van der Waals surface area (Å²) in [4.78, 5) is 4.41. The fraction of sp³-hybridized carbons (Fsp3) is 0.425. The second-order valence-corrected chi connectivity index (χ2v) is 16.3. The molecule has 0 atom stereocenters. The van der Waals surface area contributed by atoms with Gasteiger partial charge in [0.25, 0.3) is 0 Å². The lowest BCUT2D eigenvalue weighted by molar-refractivity contribution is -0.137. The van der Waals surface area contributed by atoms with E-state index in [0.717, 1.165) is 44.5 Å². The van der Waals surface area contributed by atoms with E-state index in [9.17, 15) is 13.2 Å². The lowest BCUT2D eigenvalue weighted by Gasteiger charge is -2.28. The molecule has 0 spiro atoms. The molecule has 0 fully saturated rings. The standard InChI is InChI=1S/C40H48F3N/c1-36(2,3)28-16-26(17-29(20-28)37(4,5)6)33-22-32(40(41,42)43)23-34(35(33)25-14-13-15-44-24-25)27-18-30(38(7,8)9)21-31(19-27)39(10,11)12/h13-24H,1-12H3. The van der Waals surface area contributed by atoms with Crippen LogP contribution in [0.4, 0.5) is 13.2 Å². The monoisotopic (exact) mass is 599 g/mol. The molecule has 4 heteroatoms. The number of nitrogens with zero attached hydrogens (tertiary/aromatic N) is 1. The molecule has 3 aromatic carbocycles. The summed E-state index contributed by atoms with van der Waals surface area (Å²) >= 11 is 0. The highest BCUT2D eigenvalue weighted by Crippen LogP contribution is 2.47. The van der Waals surface area contributed by atoms with Crippen LogP contribution < -0.4 is 0 Å². The number of hydrogen-bond donors (Lipinski definition) is 0. The van der Waals surface area contributed by atoms with Crippen LogP contribution in [0.25, 0.3) is 33.4 Å². The zero-order chi connectivity index (χ0) is 33.0. The molecule has 4 aromatic rings. The Hall–Kier alpha value is -3.40. The number of rotatable bonds is 3. The average Bonchev–Trinajstić information content (AvgIpc) is 2.90. The SMILES string of the molecule is CC(C)(C)c1cc(-c2cc(C(F)(F)F)cc(-c3cc(C(C)(C)C)cc(C(C)(C)C)c3)c2-c2cccnc2)cc(C(C)(C)C)c1. The molecule has 0 radical (unpaired) electrons.